The number of aromatic nitrogens is 1. The molecule has 2 rings (SSSR count). The second kappa shape index (κ2) is 5.98. The van der Waals surface area contributed by atoms with E-state index in [0.29, 0.717) is 23.6 Å². The quantitative estimate of drug-likeness (QED) is 0.846. The van der Waals surface area contributed by atoms with Crippen LogP contribution < -0.4 is 5.32 Å². The van der Waals surface area contributed by atoms with E-state index in [2.05, 4.69) is 10.3 Å². The Hall–Kier alpha value is -1.39. The van der Waals surface area contributed by atoms with Gasteiger partial charge in [-0.2, -0.15) is 0 Å². The molecule has 0 unspecified atom stereocenters. The lowest BCUT2D eigenvalue weighted by molar-refractivity contribution is 0.494. The predicted octanol–water partition coefficient (Wildman–Crippen LogP) is 3.29. The highest BCUT2D eigenvalue weighted by atomic mass is 35.5. The Kier molecular flexibility index (Phi) is 4.33. The van der Waals surface area contributed by atoms with Crippen molar-refractivity contribution in [1.82, 2.24) is 10.3 Å². The van der Waals surface area contributed by atoms with Gasteiger partial charge in [0.05, 0.1) is 16.8 Å². The van der Waals surface area contributed by atoms with Crippen molar-refractivity contribution in [3.8, 4) is 11.3 Å². The molecule has 2 aromatic rings. The molecule has 1 aromatic carbocycles. The summed E-state index contributed by atoms with van der Waals surface area (Å²) in [6.07, 6.45) is 2.20. The summed E-state index contributed by atoms with van der Waals surface area (Å²) in [5.74, 6) is 0.514. The zero-order valence-corrected chi connectivity index (χ0v) is 10.8. The number of hydrogen-bond donors (Lipinski definition) is 1. The van der Waals surface area contributed by atoms with Crippen LogP contribution in [0, 0.1) is 5.82 Å². The fourth-order valence-electron chi connectivity index (χ4n) is 1.62. The van der Waals surface area contributed by atoms with Crippen molar-refractivity contribution < 1.29 is 8.81 Å². The first-order chi connectivity index (χ1) is 8.72. The van der Waals surface area contributed by atoms with E-state index in [4.69, 9.17) is 16.0 Å². The van der Waals surface area contributed by atoms with Gasteiger partial charge in [-0.25, -0.2) is 9.37 Å². The Morgan fingerprint density at radius 3 is 3.06 bits per heavy atom. The van der Waals surface area contributed by atoms with Crippen molar-refractivity contribution in [1.29, 1.82) is 0 Å². The molecular weight excluding hydrogens is 255 g/mol. The number of rotatable bonds is 5. The lowest BCUT2D eigenvalue weighted by Gasteiger charge is -2.00. The first kappa shape index (κ1) is 13.1. The molecule has 1 N–H and O–H groups in total. The van der Waals surface area contributed by atoms with Gasteiger partial charge in [0, 0.05) is 13.0 Å². The van der Waals surface area contributed by atoms with Crippen molar-refractivity contribution in [2.24, 2.45) is 0 Å². The molecule has 0 saturated heterocycles. The maximum Gasteiger partial charge on any atom is 0.196 e. The van der Waals surface area contributed by atoms with Gasteiger partial charge in [-0.1, -0.05) is 24.6 Å². The van der Waals surface area contributed by atoms with Gasteiger partial charge in [-0.05, 0) is 18.7 Å². The van der Waals surface area contributed by atoms with E-state index in [1.165, 1.54) is 12.3 Å². The molecule has 0 atom stereocenters. The Morgan fingerprint density at radius 1 is 1.44 bits per heavy atom. The molecule has 0 amide bonds. The summed E-state index contributed by atoms with van der Waals surface area (Å²) in [5.41, 5.74) is 0.338. The van der Waals surface area contributed by atoms with Crippen molar-refractivity contribution in [2.75, 3.05) is 13.1 Å². The zero-order chi connectivity index (χ0) is 13.0. The first-order valence-corrected chi connectivity index (χ1v) is 6.20. The number of nitrogens with zero attached hydrogens (tertiary/aromatic N) is 1. The molecule has 0 radical (unpaired) electrons. The monoisotopic (exact) mass is 268 g/mol. The largest absolute Gasteiger partial charge is 0.441 e. The molecule has 18 heavy (non-hydrogen) atoms. The molecule has 0 aliphatic carbocycles. The van der Waals surface area contributed by atoms with Crippen LogP contribution in [0.3, 0.4) is 0 Å². The van der Waals surface area contributed by atoms with Crippen LogP contribution in [0.2, 0.25) is 5.02 Å². The number of benzene rings is 1. The summed E-state index contributed by atoms with van der Waals surface area (Å²) in [6.45, 7) is 3.72. The van der Waals surface area contributed by atoms with E-state index >= 15 is 0 Å². The molecule has 0 fully saturated rings. The van der Waals surface area contributed by atoms with Gasteiger partial charge in [-0.3, -0.25) is 0 Å². The molecule has 0 aliphatic rings. The number of likely N-dealkylation sites (N-methyl/N-ethyl adjacent to an activating group) is 1. The average Bonchev–Trinajstić information content (AvgIpc) is 2.82. The standard InChI is InChI=1S/C13H14ClFN2O/c1-2-16-7-6-12-17-8-11(18-12)9-4-3-5-10(14)13(9)15/h3-5,8,16H,2,6-7H2,1H3. The van der Waals surface area contributed by atoms with Crippen LogP contribution in [-0.2, 0) is 6.42 Å². The zero-order valence-electron chi connectivity index (χ0n) is 10.0. The molecule has 0 bridgehead atoms. The number of halogens is 2. The third kappa shape index (κ3) is 2.89. The van der Waals surface area contributed by atoms with Crippen LogP contribution in [0.4, 0.5) is 4.39 Å². The second-order valence-corrected chi connectivity index (χ2v) is 4.23. The minimum absolute atomic E-state index is 0.0816. The maximum absolute atomic E-state index is 13.8. The van der Waals surface area contributed by atoms with Crippen LogP contribution in [0.25, 0.3) is 11.3 Å². The summed E-state index contributed by atoms with van der Waals surface area (Å²) < 4.78 is 19.3. The van der Waals surface area contributed by atoms with E-state index in [1.54, 1.807) is 12.1 Å². The van der Waals surface area contributed by atoms with Gasteiger partial charge in [-0.15, -0.1) is 0 Å². The normalized spacial score (nSPS) is 10.8. The van der Waals surface area contributed by atoms with Crippen molar-refractivity contribution in [3.63, 3.8) is 0 Å². The summed E-state index contributed by atoms with van der Waals surface area (Å²) in [4.78, 5) is 4.12. The van der Waals surface area contributed by atoms with Gasteiger partial charge in [0.25, 0.3) is 0 Å². The highest BCUT2D eigenvalue weighted by Crippen LogP contribution is 2.27. The lowest BCUT2D eigenvalue weighted by atomic mass is 10.2. The Labute approximate surface area is 110 Å². The molecule has 0 aliphatic heterocycles. The smallest absolute Gasteiger partial charge is 0.196 e. The fraction of sp³-hybridized carbons (Fsp3) is 0.308. The molecule has 1 heterocycles. The lowest BCUT2D eigenvalue weighted by Crippen LogP contribution is -2.16. The topological polar surface area (TPSA) is 38.1 Å². The summed E-state index contributed by atoms with van der Waals surface area (Å²) in [6, 6.07) is 4.81. The first-order valence-electron chi connectivity index (χ1n) is 5.82. The number of nitrogens with one attached hydrogen (secondary N) is 1. The number of hydrogen-bond acceptors (Lipinski definition) is 3. The summed E-state index contributed by atoms with van der Waals surface area (Å²) in [7, 11) is 0. The van der Waals surface area contributed by atoms with E-state index in [9.17, 15) is 4.39 Å². The molecule has 3 nitrogen and oxygen atoms in total. The van der Waals surface area contributed by atoms with E-state index < -0.39 is 5.82 Å². The maximum atomic E-state index is 13.8. The third-order valence-electron chi connectivity index (χ3n) is 2.54. The van der Waals surface area contributed by atoms with E-state index in [1.807, 2.05) is 6.92 Å². The Morgan fingerprint density at radius 2 is 2.28 bits per heavy atom. The fourth-order valence-corrected chi connectivity index (χ4v) is 1.79. The minimum atomic E-state index is -0.478. The molecule has 96 valence electrons. The van der Waals surface area contributed by atoms with Crippen molar-refractivity contribution in [3.05, 3.63) is 41.1 Å². The second-order valence-electron chi connectivity index (χ2n) is 3.82. The molecular formula is C13H14ClFN2O. The molecule has 1 aromatic heterocycles. The molecule has 5 heteroatoms. The van der Waals surface area contributed by atoms with E-state index in [0.717, 1.165) is 13.1 Å². The number of oxazole rings is 1. The SMILES string of the molecule is CCNCCc1ncc(-c2cccc(Cl)c2F)o1. The van der Waals surface area contributed by atoms with Gasteiger partial charge in [0.2, 0.25) is 0 Å². The minimum Gasteiger partial charge on any atom is -0.441 e. The van der Waals surface area contributed by atoms with Crippen LogP contribution in [-0.4, -0.2) is 18.1 Å². The van der Waals surface area contributed by atoms with Gasteiger partial charge in [0.1, 0.15) is 0 Å². The van der Waals surface area contributed by atoms with E-state index in [-0.39, 0.29) is 5.02 Å². The van der Waals surface area contributed by atoms with Crippen LogP contribution in [0.15, 0.2) is 28.8 Å². The highest BCUT2D eigenvalue weighted by molar-refractivity contribution is 6.31. The molecule has 0 saturated carbocycles. The summed E-state index contributed by atoms with van der Waals surface area (Å²) in [5, 5.41) is 3.25. The van der Waals surface area contributed by atoms with Gasteiger partial charge in [0.15, 0.2) is 17.5 Å². The molecule has 0 spiro atoms. The van der Waals surface area contributed by atoms with Crippen LogP contribution in [0.5, 0.6) is 0 Å². The van der Waals surface area contributed by atoms with Crippen LogP contribution >= 0.6 is 11.6 Å². The third-order valence-corrected chi connectivity index (χ3v) is 2.83. The average molecular weight is 269 g/mol. The highest BCUT2D eigenvalue weighted by Gasteiger charge is 2.12. The summed E-state index contributed by atoms with van der Waals surface area (Å²) >= 11 is 5.73. The Bertz CT molecular complexity index is 527. The van der Waals surface area contributed by atoms with Crippen molar-refractivity contribution >= 4 is 11.6 Å². The van der Waals surface area contributed by atoms with Gasteiger partial charge < -0.3 is 9.73 Å². The predicted molar refractivity (Wildman–Crippen MR) is 69.2 cm³/mol. The van der Waals surface area contributed by atoms with Gasteiger partial charge >= 0.3 is 0 Å². The van der Waals surface area contributed by atoms with Crippen molar-refractivity contribution in [2.45, 2.75) is 13.3 Å². The Balaban J connectivity index is 2.16. The van der Waals surface area contributed by atoms with Crippen LogP contribution in [0.1, 0.15) is 12.8 Å².